The number of hydrogen-bond donors (Lipinski definition) is 2. The fourth-order valence-corrected chi connectivity index (χ4v) is 4.88. The van der Waals surface area contributed by atoms with Gasteiger partial charge in [0.2, 0.25) is 0 Å². The molecule has 10 heteroatoms. The summed E-state index contributed by atoms with van der Waals surface area (Å²) in [4.78, 5) is 9.03. The lowest BCUT2D eigenvalue weighted by Gasteiger charge is -2.28. The fraction of sp³-hybridized carbons (Fsp3) is 0.385. The van der Waals surface area contributed by atoms with Crippen molar-refractivity contribution in [3.05, 3.63) is 48.7 Å². The fourth-order valence-electron chi connectivity index (χ4n) is 4.88. The summed E-state index contributed by atoms with van der Waals surface area (Å²) in [6, 6.07) is 7.84. The summed E-state index contributed by atoms with van der Waals surface area (Å²) in [7, 11) is 0. The first-order chi connectivity index (χ1) is 17.6. The van der Waals surface area contributed by atoms with Crippen LogP contribution in [0.4, 0.5) is 5.69 Å². The molecule has 4 aromatic heterocycles. The quantitative estimate of drug-likeness (QED) is 0.404. The summed E-state index contributed by atoms with van der Waals surface area (Å²) in [6.07, 6.45) is 14.0. The second kappa shape index (κ2) is 10.1. The number of fused-ring (bicyclic) bond motifs is 1. The van der Waals surface area contributed by atoms with Gasteiger partial charge in [0.05, 0.1) is 30.1 Å². The van der Waals surface area contributed by atoms with Gasteiger partial charge in [0.25, 0.3) is 0 Å². The van der Waals surface area contributed by atoms with Crippen molar-refractivity contribution >= 4 is 16.7 Å². The molecule has 0 saturated heterocycles. The molecule has 36 heavy (non-hydrogen) atoms. The summed E-state index contributed by atoms with van der Waals surface area (Å²) < 4.78 is 3.66. The summed E-state index contributed by atoms with van der Waals surface area (Å²) in [5, 5.41) is 40.9. The number of anilines is 1. The zero-order chi connectivity index (χ0) is 25.1. The maximum atomic E-state index is 9.42. The molecule has 1 saturated carbocycles. The smallest absolute Gasteiger partial charge is 0.164 e. The Kier molecular flexibility index (Phi) is 6.61. The summed E-state index contributed by atoms with van der Waals surface area (Å²) in [5.41, 5.74) is 3.57. The van der Waals surface area contributed by atoms with E-state index in [2.05, 4.69) is 37.6 Å². The third kappa shape index (κ3) is 4.64. The van der Waals surface area contributed by atoms with Gasteiger partial charge in [-0.3, -0.25) is 4.68 Å². The highest BCUT2D eigenvalue weighted by molar-refractivity contribution is 5.80. The summed E-state index contributed by atoms with van der Waals surface area (Å²) >= 11 is 0. The molecule has 1 fully saturated rings. The van der Waals surface area contributed by atoms with Crippen LogP contribution in [0, 0.1) is 28.6 Å². The van der Waals surface area contributed by atoms with E-state index in [-0.39, 0.29) is 6.61 Å². The number of hydrogen-bond acceptors (Lipinski definition) is 8. The second-order valence-electron chi connectivity index (χ2n) is 9.28. The number of rotatable bonds is 7. The molecule has 4 heterocycles. The molecule has 1 atom stereocenters. The third-order valence-corrected chi connectivity index (χ3v) is 6.85. The molecule has 0 aliphatic heterocycles. The Morgan fingerprint density at radius 3 is 2.67 bits per heavy atom. The van der Waals surface area contributed by atoms with E-state index < -0.39 is 6.04 Å². The molecule has 182 valence electrons. The van der Waals surface area contributed by atoms with Crippen molar-refractivity contribution in [1.82, 2.24) is 29.5 Å². The number of pyridine rings is 2. The van der Waals surface area contributed by atoms with Crippen molar-refractivity contribution < 1.29 is 5.11 Å². The molecular weight excluding hydrogens is 454 g/mol. The van der Waals surface area contributed by atoms with Crippen molar-refractivity contribution in [3.63, 3.8) is 0 Å². The maximum Gasteiger partial charge on any atom is 0.164 e. The largest absolute Gasteiger partial charge is 0.396 e. The minimum atomic E-state index is -0.415. The topological polar surface area (TPSA) is 141 Å². The molecule has 1 aliphatic rings. The van der Waals surface area contributed by atoms with E-state index in [0.717, 1.165) is 54.3 Å². The van der Waals surface area contributed by atoms with Crippen LogP contribution >= 0.6 is 0 Å². The van der Waals surface area contributed by atoms with Gasteiger partial charge in [-0.1, -0.05) is 0 Å². The zero-order valence-electron chi connectivity index (χ0n) is 20.0. The van der Waals surface area contributed by atoms with Crippen LogP contribution in [0.1, 0.15) is 50.6 Å². The van der Waals surface area contributed by atoms with E-state index in [9.17, 15) is 10.4 Å². The molecule has 1 aliphatic carbocycles. The van der Waals surface area contributed by atoms with Crippen molar-refractivity contribution in [2.24, 2.45) is 5.92 Å². The minimum absolute atomic E-state index is 0.256. The lowest BCUT2D eigenvalue weighted by Crippen LogP contribution is -2.19. The average molecular weight is 482 g/mol. The van der Waals surface area contributed by atoms with Crippen LogP contribution in [-0.4, -0.2) is 47.3 Å². The number of aromatic nitrogens is 6. The first-order valence-corrected chi connectivity index (χ1v) is 12.2. The van der Waals surface area contributed by atoms with E-state index in [1.54, 1.807) is 30.1 Å². The van der Waals surface area contributed by atoms with Gasteiger partial charge in [-0.15, -0.1) is 0 Å². The Labute approximate surface area is 208 Å². The van der Waals surface area contributed by atoms with Crippen LogP contribution in [0.3, 0.4) is 0 Å². The Balaban J connectivity index is 1.46. The monoisotopic (exact) mass is 481 g/mol. The number of nitrogens with one attached hydrogen (secondary N) is 1. The summed E-state index contributed by atoms with van der Waals surface area (Å²) in [6.45, 7) is 2.05. The average Bonchev–Trinajstić information content (AvgIpc) is 3.56. The van der Waals surface area contributed by atoms with Crippen LogP contribution in [0.15, 0.2) is 43.1 Å². The third-order valence-electron chi connectivity index (χ3n) is 6.85. The van der Waals surface area contributed by atoms with Crippen LogP contribution in [0.5, 0.6) is 0 Å². The standard InChI is InChI=1S/C26H27N9O/c1-17(10-27)33-24-9-25(35-26-20(13-32-35)8-19(11-28)12-30-26)29-15-23(24)21-14-31-34(16-21)22-4-2-18(3-5-22)6-7-36/h8-9,12-18,22,36H,2-7H2,1H3,(H,29,33)/t17-,18?,22?/m1/s1. The highest BCUT2D eigenvalue weighted by Crippen LogP contribution is 2.35. The van der Waals surface area contributed by atoms with E-state index in [1.165, 1.54) is 6.20 Å². The Bertz CT molecular complexity index is 1450. The van der Waals surface area contributed by atoms with Gasteiger partial charge >= 0.3 is 0 Å². The normalized spacial score (nSPS) is 18.4. The van der Waals surface area contributed by atoms with Crippen molar-refractivity contribution in [1.29, 1.82) is 10.5 Å². The zero-order valence-corrected chi connectivity index (χ0v) is 20.0. The maximum absolute atomic E-state index is 9.42. The molecule has 0 amide bonds. The van der Waals surface area contributed by atoms with Crippen LogP contribution < -0.4 is 5.32 Å². The highest BCUT2D eigenvalue weighted by Gasteiger charge is 2.23. The lowest BCUT2D eigenvalue weighted by molar-refractivity contribution is 0.202. The Morgan fingerprint density at radius 1 is 1.08 bits per heavy atom. The molecule has 0 radical (unpaired) electrons. The summed E-state index contributed by atoms with van der Waals surface area (Å²) in [5.74, 6) is 1.15. The van der Waals surface area contributed by atoms with Crippen molar-refractivity contribution in [2.75, 3.05) is 11.9 Å². The number of aliphatic hydroxyl groups is 1. The number of nitriles is 2. The van der Waals surface area contributed by atoms with Crippen LogP contribution in [-0.2, 0) is 0 Å². The molecule has 10 nitrogen and oxygen atoms in total. The van der Waals surface area contributed by atoms with Gasteiger partial charge in [0.1, 0.15) is 12.1 Å². The predicted molar refractivity (Wildman–Crippen MR) is 134 cm³/mol. The van der Waals surface area contributed by atoms with Gasteiger partial charge in [-0.2, -0.15) is 25.4 Å². The van der Waals surface area contributed by atoms with Crippen molar-refractivity contribution in [2.45, 2.75) is 51.1 Å². The van der Waals surface area contributed by atoms with E-state index in [1.807, 2.05) is 23.1 Å². The molecule has 0 aromatic carbocycles. The number of aliphatic hydroxyl groups excluding tert-OH is 1. The first kappa shape index (κ1) is 23.5. The Hall–Kier alpha value is -4.28. The predicted octanol–water partition coefficient (Wildman–Crippen LogP) is 3.99. The van der Waals surface area contributed by atoms with Gasteiger partial charge in [-0.05, 0) is 51.0 Å². The molecule has 0 bridgehead atoms. The van der Waals surface area contributed by atoms with Crippen LogP contribution in [0.25, 0.3) is 28.0 Å². The van der Waals surface area contributed by atoms with Gasteiger partial charge < -0.3 is 10.4 Å². The van der Waals surface area contributed by atoms with Crippen LogP contribution in [0.2, 0.25) is 0 Å². The lowest BCUT2D eigenvalue weighted by atomic mass is 9.84. The molecular formula is C26H27N9O. The number of nitrogens with zero attached hydrogens (tertiary/aromatic N) is 8. The van der Waals surface area contributed by atoms with E-state index in [4.69, 9.17) is 5.26 Å². The van der Waals surface area contributed by atoms with Gasteiger partial charge in [0, 0.05) is 53.5 Å². The Morgan fingerprint density at radius 2 is 1.92 bits per heavy atom. The van der Waals surface area contributed by atoms with Crippen molar-refractivity contribution in [3.8, 4) is 29.1 Å². The highest BCUT2D eigenvalue weighted by atomic mass is 16.3. The van der Waals surface area contributed by atoms with E-state index >= 15 is 0 Å². The van der Waals surface area contributed by atoms with Gasteiger partial charge in [-0.25, -0.2) is 9.97 Å². The molecule has 2 N–H and O–H groups in total. The molecule has 4 aromatic rings. The molecule has 0 spiro atoms. The second-order valence-corrected chi connectivity index (χ2v) is 9.28. The molecule has 5 rings (SSSR count). The minimum Gasteiger partial charge on any atom is -0.396 e. The molecule has 0 unspecified atom stereocenters. The van der Waals surface area contributed by atoms with E-state index in [0.29, 0.717) is 29.0 Å². The SMILES string of the molecule is C[C@H](C#N)Nc1cc(-n2ncc3cc(C#N)cnc32)ncc1-c1cnn(C2CCC(CCO)CC2)c1. The van der Waals surface area contributed by atoms with Gasteiger partial charge in [0.15, 0.2) is 11.5 Å². The first-order valence-electron chi connectivity index (χ1n) is 12.2.